The van der Waals surface area contributed by atoms with E-state index in [1.807, 2.05) is 6.07 Å². The van der Waals surface area contributed by atoms with Gasteiger partial charge in [0.05, 0.1) is 6.61 Å². The number of nitrogens with two attached hydrogens (primary N) is 1. The molecular formula is C11H13N3O2. The Hall–Kier alpha value is -1.88. The van der Waals surface area contributed by atoms with Crippen molar-refractivity contribution in [2.24, 2.45) is 5.73 Å². The van der Waals surface area contributed by atoms with Crippen molar-refractivity contribution in [2.45, 2.75) is 13.0 Å². The lowest BCUT2D eigenvalue weighted by atomic mass is 10.1. The monoisotopic (exact) mass is 219 g/mol. The molecule has 1 atom stereocenters. The van der Waals surface area contributed by atoms with Crippen molar-refractivity contribution in [2.75, 3.05) is 6.61 Å². The number of esters is 1. The second kappa shape index (κ2) is 4.32. The summed E-state index contributed by atoms with van der Waals surface area (Å²) in [4.78, 5) is 18.6. The van der Waals surface area contributed by atoms with Gasteiger partial charge in [0.1, 0.15) is 11.7 Å². The first kappa shape index (κ1) is 10.6. The summed E-state index contributed by atoms with van der Waals surface area (Å²) in [5, 5.41) is 0.850. The number of hydrogen-bond acceptors (Lipinski definition) is 4. The van der Waals surface area contributed by atoms with Crippen molar-refractivity contribution in [1.29, 1.82) is 0 Å². The summed E-state index contributed by atoms with van der Waals surface area (Å²) in [7, 11) is 0. The highest BCUT2D eigenvalue weighted by atomic mass is 16.5. The molecule has 2 heterocycles. The highest BCUT2D eigenvalue weighted by Gasteiger charge is 2.20. The molecule has 0 fully saturated rings. The number of rotatable bonds is 3. The summed E-state index contributed by atoms with van der Waals surface area (Å²) in [6.07, 6.45) is 3.37. The lowest BCUT2D eigenvalue weighted by Crippen LogP contribution is -2.23. The molecule has 5 nitrogen and oxygen atoms in total. The highest BCUT2D eigenvalue weighted by Crippen LogP contribution is 2.21. The fraction of sp³-hybridized carbons (Fsp3) is 0.273. The number of aromatic amines is 1. The summed E-state index contributed by atoms with van der Waals surface area (Å²) in [6, 6.07) is 2.91. The zero-order valence-electron chi connectivity index (χ0n) is 8.93. The lowest BCUT2D eigenvalue weighted by Gasteiger charge is -2.09. The van der Waals surface area contributed by atoms with E-state index < -0.39 is 12.0 Å². The first-order valence-corrected chi connectivity index (χ1v) is 5.08. The quantitative estimate of drug-likeness (QED) is 0.758. The van der Waals surface area contributed by atoms with Gasteiger partial charge in [-0.05, 0) is 19.1 Å². The molecule has 0 unspecified atom stereocenters. The Morgan fingerprint density at radius 2 is 2.50 bits per heavy atom. The maximum Gasteiger partial charge on any atom is 0.327 e. The fourth-order valence-corrected chi connectivity index (χ4v) is 1.59. The molecule has 0 spiro atoms. The number of hydrogen-bond donors (Lipinski definition) is 2. The van der Waals surface area contributed by atoms with Crippen LogP contribution in [0.25, 0.3) is 11.0 Å². The number of nitrogens with zero attached hydrogens (tertiary/aromatic N) is 1. The molecule has 3 N–H and O–H groups in total. The SMILES string of the molecule is CCOC(=O)[C@@H](N)c1c[nH]c2ncccc12. The molecule has 5 heteroatoms. The lowest BCUT2D eigenvalue weighted by molar-refractivity contribution is -0.144. The van der Waals surface area contributed by atoms with Crippen LogP contribution in [0.2, 0.25) is 0 Å². The number of pyridine rings is 1. The Bertz CT molecular complexity index is 507. The number of carbonyl (C=O) groups excluding carboxylic acids is 1. The normalized spacial score (nSPS) is 12.6. The third kappa shape index (κ3) is 1.77. The van der Waals surface area contributed by atoms with E-state index in [0.29, 0.717) is 12.2 Å². The predicted octanol–water partition coefficient (Wildman–Crippen LogP) is 1.13. The van der Waals surface area contributed by atoms with Crippen LogP contribution in [-0.2, 0) is 9.53 Å². The average molecular weight is 219 g/mol. The third-order valence-corrected chi connectivity index (χ3v) is 2.36. The average Bonchev–Trinajstić information content (AvgIpc) is 2.72. The molecular weight excluding hydrogens is 206 g/mol. The topological polar surface area (TPSA) is 81.0 Å². The van der Waals surface area contributed by atoms with Gasteiger partial charge in [-0.15, -0.1) is 0 Å². The van der Waals surface area contributed by atoms with E-state index in [4.69, 9.17) is 10.5 Å². The highest BCUT2D eigenvalue weighted by molar-refractivity contribution is 5.87. The summed E-state index contributed by atoms with van der Waals surface area (Å²) in [5.74, 6) is -0.424. The van der Waals surface area contributed by atoms with Gasteiger partial charge in [0.25, 0.3) is 0 Å². The number of nitrogens with one attached hydrogen (secondary N) is 1. The van der Waals surface area contributed by atoms with Crippen molar-refractivity contribution in [3.8, 4) is 0 Å². The largest absolute Gasteiger partial charge is 0.465 e. The molecule has 0 saturated heterocycles. The van der Waals surface area contributed by atoms with E-state index in [1.165, 1.54) is 0 Å². The van der Waals surface area contributed by atoms with Gasteiger partial charge in [0.15, 0.2) is 0 Å². The molecule has 2 rings (SSSR count). The molecule has 84 valence electrons. The number of carbonyl (C=O) groups is 1. The maximum atomic E-state index is 11.5. The summed E-state index contributed by atoms with van der Waals surface area (Å²) in [6.45, 7) is 2.08. The van der Waals surface area contributed by atoms with Gasteiger partial charge in [-0.25, -0.2) is 9.78 Å². The molecule has 0 amide bonds. The van der Waals surface area contributed by atoms with E-state index in [-0.39, 0.29) is 0 Å². The minimum absolute atomic E-state index is 0.327. The van der Waals surface area contributed by atoms with E-state index in [0.717, 1.165) is 11.0 Å². The van der Waals surface area contributed by atoms with Crippen molar-refractivity contribution in [3.05, 3.63) is 30.1 Å². The Labute approximate surface area is 92.6 Å². The minimum atomic E-state index is -0.766. The standard InChI is InChI=1S/C11H13N3O2/c1-2-16-11(15)9(12)8-6-14-10-7(8)4-3-5-13-10/h3-6,9H,2,12H2,1H3,(H,13,14)/t9-/m0/s1. The zero-order chi connectivity index (χ0) is 11.5. The molecule has 0 aliphatic carbocycles. The number of aromatic nitrogens is 2. The fourth-order valence-electron chi connectivity index (χ4n) is 1.59. The van der Waals surface area contributed by atoms with Crippen molar-refractivity contribution >= 4 is 17.0 Å². The second-order valence-corrected chi connectivity index (χ2v) is 3.37. The second-order valence-electron chi connectivity index (χ2n) is 3.37. The minimum Gasteiger partial charge on any atom is -0.465 e. The van der Waals surface area contributed by atoms with Gasteiger partial charge in [0, 0.05) is 23.3 Å². The zero-order valence-corrected chi connectivity index (χ0v) is 8.93. The van der Waals surface area contributed by atoms with Gasteiger partial charge in [-0.1, -0.05) is 0 Å². The van der Waals surface area contributed by atoms with Gasteiger partial charge in [0.2, 0.25) is 0 Å². The van der Waals surface area contributed by atoms with E-state index in [9.17, 15) is 4.79 Å². The van der Waals surface area contributed by atoms with Crippen LogP contribution in [0.3, 0.4) is 0 Å². The van der Waals surface area contributed by atoms with Crippen LogP contribution in [0.5, 0.6) is 0 Å². The van der Waals surface area contributed by atoms with Gasteiger partial charge < -0.3 is 15.5 Å². The van der Waals surface area contributed by atoms with E-state index >= 15 is 0 Å². The maximum absolute atomic E-state index is 11.5. The first-order chi connectivity index (χ1) is 7.74. The van der Waals surface area contributed by atoms with Crippen LogP contribution in [-0.4, -0.2) is 22.5 Å². The Morgan fingerprint density at radius 1 is 1.69 bits per heavy atom. The smallest absolute Gasteiger partial charge is 0.327 e. The van der Waals surface area contributed by atoms with Gasteiger partial charge in [-0.3, -0.25) is 0 Å². The molecule has 0 aromatic carbocycles. The third-order valence-electron chi connectivity index (χ3n) is 2.36. The predicted molar refractivity (Wildman–Crippen MR) is 59.7 cm³/mol. The molecule has 0 aliphatic heterocycles. The molecule has 16 heavy (non-hydrogen) atoms. The van der Waals surface area contributed by atoms with Crippen LogP contribution < -0.4 is 5.73 Å². The van der Waals surface area contributed by atoms with Crippen molar-refractivity contribution in [1.82, 2.24) is 9.97 Å². The summed E-state index contributed by atoms with van der Waals surface area (Å²) < 4.78 is 4.88. The van der Waals surface area contributed by atoms with Crippen LogP contribution in [0, 0.1) is 0 Å². The van der Waals surface area contributed by atoms with Crippen LogP contribution in [0.15, 0.2) is 24.5 Å². The van der Waals surface area contributed by atoms with Crippen LogP contribution >= 0.6 is 0 Å². The molecule has 2 aromatic heterocycles. The Balaban J connectivity index is 2.36. The summed E-state index contributed by atoms with van der Waals surface area (Å²) >= 11 is 0. The number of H-pyrrole nitrogens is 1. The van der Waals surface area contributed by atoms with Gasteiger partial charge in [-0.2, -0.15) is 0 Å². The van der Waals surface area contributed by atoms with Crippen LogP contribution in [0.4, 0.5) is 0 Å². The van der Waals surface area contributed by atoms with Crippen LogP contribution in [0.1, 0.15) is 18.5 Å². The van der Waals surface area contributed by atoms with E-state index in [2.05, 4.69) is 9.97 Å². The Kier molecular flexibility index (Phi) is 2.87. The molecule has 0 bridgehead atoms. The number of ether oxygens (including phenoxy) is 1. The van der Waals surface area contributed by atoms with E-state index in [1.54, 1.807) is 25.4 Å². The molecule has 2 aromatic rings. The number of fused-ring (bicyclic) bond motifs is 1. The molecule has 0 radical (unpaired) electrons. The summed E-state index contributed by atoms with van der Waals surface area (Å²) in [5.41, 5.74) is 7.24. The molecule has 0 aliphatic rings. The Morgan fingerprint density at radius 3 is 3.25 bits per heavy atom. The molecule has 0 saturated carbocycles. The van der Waals surface area contributed by atoms with Gasteiger partial charge >= 0.3 is 5.97 Å². The first-order valence-electron chi connectivity index (χ1n) is 5.08. The van der Waals surface area contributed by atoms with Crippen molar-refractivity contribution < 1.29 is 9.53 Å². The van der Waals surface area contributed by atoms with Crippen molar-refractivity contribution in [3.63, 3.8) is 0 Å².